The number of benzene rings is 2. The molecule has 4 rings (SSSR count). The fourth-order valence-electron chi connectivity index (χ4n) is 3.15. The third kappa shape index (κ3) is 4.76. The molecule has 0 amide bonds. The Hall–Kier alpha value is -2.41. The van der Waals surface area contributed by atoms with Crippen molar-refractivity contribution in [3.63, 3.8) is 0 Å². The number of hydrogen-bond donors (Lipinski definition) is 0. The Morgan fingerprint density at radius 3 is 2.74 bits per heavy atom. The molecule has 4 aromatic rings. The summed E-state index contributed by atoms with van der Waals surface area (Å²) in [6.45, 7) is 2.09. The van der Waals surface area contributed by atoms with Crippen LogP contribution in [0, 0.1) is 0 Å². The molecule has 5 nitrogen and oxygen atoms in total. The van der Waals surface area contributed by atoms with Crippen LogP contribution < -0.4 is 5.56 Å². The first-order chi connectivity index (χ1) is 15.0. The lowest BCUT2D eigenvalue weighted by molar-refractivity contribution is 0.573. The summed E-state index contributed by atoms with van der Waals surface area (Å²) in [5.74, 6) is 1.75. The van der Waals surface area contributed by atoms with Crippen molar-refractivity contribution in [2.75, 3.05) is 0 Å². The number of rotatable bonds is 6. The average molecular weight is 519 g/mol. The Kier molecular flexibility index (Phi) is 6.60. The van der Waals surface area contributed by atoms with Crippen molar-refractivity contribution in [2.24, 2.45) is 5.10 Å². The average Bonchev–Trinajstić information content (AvgIpc) is 3.23. The molecular weight excluding hydrogens is 501 g/mol. The van der Waals surface area contributed by atoms with E-state index in [1.54, 1.807) is 24.3 Å². The zero-order valence-electron chi connectivity index (χ0n) is 16.6. The van der Waals surface area contributed by atoms with Crippen LogP contribution in [-0.4, -0.2) is 15.9 Å². The summed E-state index contributed by atoms with van der Waals surface area (Å²) in [5, 5.41) is 5.84. The van der Waals surface area contributed by atoms with E-state index >= 15 is 0 Å². The van der Waals surface area contributed by atoms with Gasteiger partial charge in [-0.3, -0.25) is 4.79 Å². The summed E-state index contributed by atoms with van der Waals surface area (Å²) in [7, 11) is 0. The van der Waals surface area contributed by atoms with Gasteiger partial charge in [0.05, 0.1) is 27.2 Å². The SMILES string of the molecule is CCCCc1nc2ccc(Br)cc2c(=O)n1N=Cc1ccc(-c2ccc(Cl)c(Cl)c2)o1. The molecule has 2 aromatic heterocycles. The van der Waals surface area contributed by atoms with Crippen LogP contribution in [0.25, 0.3) is 22.2 Å². The van der Waals surface area contributed by atoms with E-state index in [-0.39, 0.29) is 5.56 Å². The molecule has 0 aliphatic carbocycles. The highest BCUT2D eigenvalue weighted by molar-refractivity contribution is 9.10. The summed E-state index contributed by atoms with van der Waals surface area (Å²) in [5.41, 5.74) is 1.24. The molecule has 31 heavy (non-hydrogen) atoms. The minimum atomic E-state index is -0.218. The van der Waals surface area contributed by atoms with Crippen LogP contribution in [0.4, 0.5) is 0 Å². The van der Waals surface area contributed by atoms with Gasteiger partial charge in [-0.25, -0.2) is 4.98 Å². The molecule has 0 unspecified atom stereocenters. The molecule has 0 aliphatic rings. The van der Waals surface area contributed by atoms with Crippen molar-refractivity contribution in [3.8, 4) is 11.3 Å². The number of halogens is 3. The molecule has 0 saturated carbocycles. The molecule has 0 spiro atoms. The van der Waals surface area contributed by atoms with Gasteiger partial charge >= 0.3 is 0 Å². The predicted molar refractivity (Wildman–Crippen MR) is 129 cm³/mol. The van der Waals surface area contributed by atoms with Gasteiger partial charge in [0.25, 0.3) is 5.56 Å². The number of fused-ring (bicyclic) bond motifs is 1. The number of nitrogens with zero attached hydrogens (tertiary/aromatic N) is 3. The molecule has 0 fully saturated rings. The first-order valence-electron chi connectivity index (χ1n) is 9.77. The maximum atomic E-state index is 13.1. The third-order valence-corrected chi connectivity index (χ3v) is 5.99. The fourth-order valence-corrected chi connectivity index (χ4v) is 3.81. The molecular formula is C23H18BrCl2N3O2. The highest BCUT2D eigenvalue weighted by Gasteiger charge is 2.11. The molecule has 0 N–H and O–H groups in total. The van der Waals surface area contributed by atoms with E-state index in [2.05, 4.69) is 32.9 Å². The second-order valence-electron chi connectivity index (χ2n) is 6.99. The minimum absolute atomic E-state index is 0.218. The molecule has 0 atom stereocenters. The standard InChI is InChI=1S/C23H18BrCl2N3O2/c1-2-3-4-22-28-20-9-6-15(24)12-17(20)23(30)29(22)27-13-16-7-10-21(31-16)14-5-8-18(25)19(26)11-14/h5-13H,2-4H2,1H3. The van der Waals surface area contributed by atoms with Gasteiger partial charge in [-0.05, 0) is 55.0 Å². The molecule has 0 saturated heterocycles. The smallest absolute Gasteiger partial charge is 0.282 e. The summed E-state index contributed by atoms with van der Waals surface area (Å²) in [6.07, 6.45) is 4.07. The maximum absolute atomic E-state index is 13.1. The molecule has 2 aromatic carbocycles. The number of aromatic nitrogens is 2. The van der Waals surface area contributed by atoms with Crippen molar-refractivity contribution in [3.05, 3.63) is 85.0 Å². The lowest BCUT2D eigenvalue weighted by Crippen LogP contribution is -2.22. The van der Waals surface area contributed by atoms with E-state index in [9.17, 15) is 4.79 Å². The number of aryl methyl sites for hydroxylation is 1. The van der Waals surface area contributed by atoms with E-state index in [0.717, 1.165) is 22.9 Å². The second-order valence-corrected chi connectivity index (χ2v) is 8.72. The molecule has 2 heterocycles. The van der Waals surface area contributed by atoms with Crippen LogP contribution in [0.3, 0.4) is 0 Å². The van der Waals surface area contributed by atoms with Crippen LogP contribution in [0.1, 0.15) is 31.4 Å². The Bertz CT molecular complexity index is 1340. The Balaban J connectivity index is 1.72. The number of furan rings is 1. The summed E-state index contributed by atoms with van der Waals surface area (Å²) >= 11 is 15.5. The summed E-state index contributed by atoms with van der Waals surface area (Å²) in [6, 6.07) is 14.3. The van der Waals surface area contributed by atoms with Gasteiger partial charge in [-0.15, -0.1) is 0 Å². The third-order valence-electron chi connectivity index (χ3n) is 4.76. The van der Waals surface area contributed by atoms with E-state index in [4.69, 9.17) is 27.6 Å². The van der Waals surface area contributed by atoms with Crippen LogP contribution in [0.2, 0.25) is 10.0 Å². The molecule has 158 valence electrons. The quantitative estimate of drug-likeness (QED) is 0.259. The van der Waals surface area contributed by atoms with Gasteiger partial charge in [-0.2, -0.15) is 9.78 Å². The van der Waals surface area contributed by atoms with Gasteiger partial charge in [0.2, 0.25) is 0 Å². The van der Waals surface area contributed by atoms with Gasteiger partial charge in [0.15, 0.2) is 0 Å². The van der Waals surface area contributed by atoms with Crippen LogP contribution >= 0.6 is 39.1 Å². The monoisotopic (exact) mass is 517 g/mol. The zero-order chi connectivity index (χ0) is 22.0. The van der Waals surface area contributed by atoms with Crippen LogP contribution in [0.15, 0.2) is 67.3 Å². The maximum Gasteiger partial charge on any atom is 0.282 e. The van der Waals surface area contributed by atoms with Crippen LogP contribution in [-0.2, 0) is 6.42 Å². The van der Waals surface area contributed by atoms with Crippen molar-refractivity contribution in [1.82, 2.24) is 9.66 Å². The zero-order valence-corrected chi connectivity index (χ0v) is 19.7. The molecule has 0 aliphatic heterocycles. The van der Waals surface area contributed by atoms with Crippen molar-refractivity contribution < 1.29 is 4.42 Å². The van der Waals surface area contributed by atoms with E-state index in [1.807, 2.05) is 24.3 Å². The molecule has 0 radical (unpaired) electrons. The van der Waals surface area contributed by atoms with Gasteiger partial charge < -0.3 is 4.42 Å². The Labute approximate surface area is 197 Å². The van der Waals surface area contributed by atoms with E-state index in [0.29, 0.717) is 44.7 Å². The second kappa shape index (κ2) is 9.39. The summed E-state index contributed by atoms with van der Waals surface area (Å²) in [4.78, 5) is 17.8. The first-order valence-corrected chi connectivity index (χ1v) is 11.3. The van der Waals surface area contributed by atoms with Crippen molar-refractivity contribution >= 4 is 56.2 Å². The number of unbranched alkanes of at least 4 members (excludes halogenated alkanes) is 1. The van der Waals surface area contributed by atoms with Gasteiger partial charge in [-0.1, -0.05) is 52.5 Å². The Morgan fingerprint density at radius 1 is 1.13 bits per heavy atom. The Morgan fingerprint density at radius 2 is 1.97 bits per heavy atom. The van der Waals surface area contributed by atoms with E-state index < -0.39 is 0 Å². The van der Waals surface area contributed by atoms with Crippen molar-refractivity contribution in [2.45, 2.75) is 26.2 Å². The number of hydrogen-bond acceptors (Lipinski definition) is 4. The van der Waals surface area contributed by atoms with Gasteiger partial charge in [0.1, 0.15) is 17.3 Å². The normalized spacial score (nSPS) is 11.6. The highest BCUT2D eigenvalue weighted by Crippen LogP contribution is 2.29. The highest BCUT2D eigenvalue weighted by atomic mass is 79.9. The lowest BCUT2D eigenvalue weighted by atomic mass is 10.2. The molecule has 8 heteroatoms. The lowest BCUT2D eigenvalue weighted by Gasteiger charge is -2.09. The molecule has 0 bridgehead atoms. The van der Waals surface area contributed by atoms with Crippen molar-refractivity contribution in [1.29, 1.82) is 0 Å². The van der Waals surface area contributed by atoms with Gasteiger partial charge in [0, 0.05) is 16.5 Å². The largest absolute Gasteiger partial charge is 0.455 e. The minimum Gasteiger partial charge on any atom is -0.455 e. The van der Waals surface area contributed by atoms with Crippen LogP contribution in [0.5, 0.6) is 0 Å². The summed E-state index contributed by atoms with van der Waals surface area (Å²) < 4.78 is 8.03. The first kappa shape index (κ1) is 21.8. The topological polar surface area (TPSA) is 60.4 Å². The fraction of sp³-hybridized carbons (Fsp3) is 0.174. The van der Waals surface area contributed by atoms with E-state index in [1.165, 1.54) is 10.9 Å². The predicted octanol–water partition coefficient (Wildman–Crippen LogP) is 6.95.